The minimum absolute atomic E-state index is 0.0907. The fourth-order valence-electron chi connectivity index (χ4n) is 5.42. The van der Waals surface area contributed by atoms with Crippen molar-refractivity contribution >= 4 is 23.2 Å². The molecule has 196 valence electrons. The first kappa shape index (κ1) is 24.9. The van der Waals surface area contributed by atoms with Gasteiger partial charge in [0.25, 0.3) is 0 Å². The Morgan fingerprint density at radius 3 is 2.57 bits per heavy atom. The molecule has 2 saturated heterocycles. The van der Waals surface area contributed by atoms with Gasteiger partial charge < -0.3 is 19.9 Å². The number of likely N-dealkylation sites (tertiary alicyclic amines) is 1. The van der Waals surface area contributed by atoms with Crippen molar-refractivity contribution in [1.29, 1.82) is 0 Å². The van der Waals surface area contributed by atoms with Crippen molar-refractivity contribution in [2.75, 3.05) is 26.2 Å². The largest absolute Gasteiger partial charge is 0.440 e. The molecule has 0 aliphatic carbocycles. The number of aromatic amines is 1. The van der Waals surface area contributed by atoms with Crippen molar-refractivity contribution in [3.63, 3.8) is 0 Å². The average Bonchev–Trinajstić information content (AvgIpc) is 3.32. The van der Waals surface area contributed by atoms with Crippen molar-refractivity contribution in [3.05, 3.63) is 70.1 Å². The summed E-state index contributed by atoms with van der Waals surface area (Å²) < 4.78 is 34.5. The lowest BCUT2D eigenvalue weighted by Gasteiger charge is -2.32. The maximum atomic E-state index is 13.9. The number of benzene rings is 2. The van der Waals surface area contributed by atoms with Crippen LogP contribution in [0.5, 0.6) is 0 Å². The van der Waals surface area contributed by atoms with E-state index >= 15 is 0 Å². The van der Waals surface area contributed by atoms with Gasteiger partial charge in [0.1, 0.15) is 11.6 Å². The molecule has 3 amide bonds. The lowest BCUT2D eigenvalue weighted by atomic mass is 9.91. The molecule has 2 fully saturated rings. The highest BCUT2D eigenvalue weighted by atomic mass is 19.2. The van der Waals surface area contributed by atoms with Crippen molar-refractivity contribution < 1.29 is 23.1 Å². The first-order valence-corrected chi connectivity index (χ1v) is 12.3. The van der Waals surface area contributed by atoms with E-state index in [0.29, 0.717) is 6.54 Å². The van der Waals surface area contributed by atoms with Gasteiger partial charge in [-0.3, -0.25) is 4.57 Å². The SMILES string of the molecule is CC1(C)OC(=O)N(C(=O)NCCN2CCC(n3c(=O)[nH]c4ccccc43)CC2)C1c1ccc(F)c(F)c1. The van der Waals surface area contributed by atoms with E-state index in [2.05, 4.69) is 15.2 Å². The fourth-order valence-corrected chi connectivity index (χ4v) is 5.42. The smallest absolute Gasteiger partial charge is 0.419 e. The van der Waals surface area contributed by atoms with Gasteiger partial charge >= 0.3 is 17.8 Å². The minimum Gasteiger partial charge on any atom is -0.440 e. The Morgan fingerprint density at radius 2 is 1.84 bits per heavy atom. The Hall–Kier alpha value is -3.73. The van der Waals surface area contributed by atoms with Crippen LogP contribution in [-0.2, 0) is 4.74 Å². The summed E-state index contributed by atoms with van der Waals surface area (Å²) in [6.45, 7) is 5.58. The highest BCUT2D eigenvalue weighted by Gasteiger charge is 2.51. The van der Waals surface area contributed by atoms with E-state index in [0.717, 1.165) is 54.0 Å². The molecule has 1 unspecified atom stereocenters. The number of ether oxygens (including phenoxy) is 1. The van der Waals surface area contributed by atoms with E-state index in [1.807, 2.05) is 28.8 Å². The zero-order valence-electron chi connectivity index (χ0n) is 20.7. The number of nitrogens with zero attached hydrogens (tertiary/aromatic N) is 3. The normalized spacial score (nSPS) is 20.4. The molecule has 9 nitrogen and oxygen atoms in total. The van der Waals surface area contributed by atoms with Crippen LogP contribution in [0.2, 0.25) is 0 Å². The number of piperidine rings is 1. The monoisotopic (exact) mass is 513 g/mol. The van der Waals surface area contributed by atoms with E-state index in [9.17, 15) is 23.2 Å². The maximum Gasteiger partial charge on any atom is 0.419 e. The number of fused-ring (bicyclic) bond motifs is 1. The third-order valence-corrected chi connectivity index (χ3v) is 7.19. The van der Waals surface area contributed by atoms with Gasteiger partial charge in [0.15, 0.2) is 11.6 Å². The molecule has 1 atom stereocenters. The summed E-state index contributed by atoms with van der Waals surface area (Å²) in [5, 5.41) is 2.75. The molecule has 2 aliphatic rings. The topological polar surface area (TPSA) is 99.7 Å². The number of imidazole rings is 1. The number of halogens is 2. The van der Waals surface area contributed by atoms with Gasteiger partial charge in [0.2, 0.25) is 0 Å². The number of amides is 3. The van der Waals surface area contributed by atoms with Gasteiger partial charge in [-0.25, -0.2) is 28.1 Å². The number of rotatable bonds is 5. The molecule has 0 saturated carbocycles. The van der Waals surface area contributed by atoms with Crippen molar-refractivity contribution in [2.45, 2.75) is 44.4 Å². The zero-order chi connectivity index (χ0) is 26.3. The third-order valence-electron chi connectivity index (χ3n) is 7.19. The van der Waals surface area contributed by atoms with Gasteiger partial charge in [-0.05, 0) is 56.5 Å². The van der Waals surface area contributed by atoms with Crippen LogP contribution in [0.15, 0.2) is 47.3 Å². The number of cyclic esters (lactones) is 1. The van der Waals surface area contributed by atoms with E-state index in [1.165, 1.54) is 6.07 Å². The fraction of sp³-hybridized carbons (Fsp3) is 0.423. The molecule has 2 aromatic carbocycles. The average molecular weight is 514 g/mol. The molecule has 37 heavy (non-hydrogen) atoms. The number of para-hydroxylation sites is 2. The number of aromatic nitrogens is 2. The van der Waals surface area contributed by atoms with Crippen LogP contribution in [-0.4, -0.2) is 63.3 Å². The van der Waals surface area contributed by atoms with Crippen molar-refractivity contribution in [1.82, 2.24) is 24.7 Å². The first-order valence-electron chi connectivity index (χ1n) is 12.3. The Balaban J connectivity index is 1.18. The lowest BCUT2D eigenvalue weighted by molar-refractivity contribution is 0.0676. The van der Waals surface area contributed by atoms with E-state index < -0.39 is 35.4 Å². The van der Waals surface area contributed by atoms with Crippen LogP contribution >= 0.6 is 0 Å². The standard InChI is InChI=1S/C26H29F2N5O4/c1-26(2)22(16-7-8-18(27)19(28)15-16)33(25(36)37-26)23(34)29-11-14-31-12-9-17(10-13-31)32-21-6-4-3-5-20(21)30-24(32)35/h3-8,15,17,22H,9-14H2,1-2H3,(H,29,34)(H,30,35). The van der Waals surface area contributed by atoms with Crippen LogP contribution in [0.25, 0.3) is 11.0 Å². The van der Waals surface area contributed by atoms with Crippen LogP contribution in [0.3, 0.4) is 0 Å². The van der Waals surface area contributed by atoms with Crippen LogP contribution in [0, 0.1) is 11.6 Å². The third kappa shape index (κ3) is 4.71. The highest BCUT2D eigenvalue weighted by molar-refractivity contribution is 5.93. The number of hydrogen-bond acceptors (Lipinski definition) is 5. The Labute approximate surface area is 212 Å². The molecule has 11 heteroatoms. The van der Waals surface area contributed by atoms with Crippen LogP contribution in [0.1, 0.15) is 44.3 Å². The van der Waals surface area contributed by atoms with Crippen molar-refractivity contribution in [2.24, 2.45) is 0 Å². The summed E-state index contributed by atoms with van der Waals surface area (Å²) in [5.41, 5.74) is 0.751. The zero-order valence-corrected chi connectivity index (χ0v) is 20.7. The number of carbonyl (C=O) groups is 2. The van der Waals surface area contributed by atoms with Gasteiger partial charge in [0, 0.05) is 32.2 Å². The number of H-pyrrole nitrogens is 1. The van der Waals surface area contributed by atoms with Gasteiger partial charge in [-0.1, -0.05) is 18.2 Å². The Kier molecular flexibility index (Phi) is 6.49. The summed E-state index contributed by atoms with van der Waals surface area (Å²) >= 11 is 0. The van der Waals surface area contributed by atoms with Gasteiger partial charge in [-0.15, -0.1) is 0 Å². The molecule has 5 rings (SSSR count). The summed E-state index contributed by atoms with van der Waals surface area (Å²) in [6.07, 6.45) is 0.739. The molecule has 0 spiro atoms. The molecule has 2 aliphatic heterocycles. The molecule has 0 bridgehead atoms. The second-order valence-electron chi connectivity index (χ2n) is 10.0. The highest BCUT2D eigenvalue weighted by Crippen LogP contribution is 2.41. The molecule has 3 aromatic rings. The minimum atomic E-state index is -1.12. The number of nitrogens with one attached hydrogen (secondary N) is 2. The molecular formula is C26H29F2N5O4. The summed E-state index contributed by atoms with van der Waals surface area (Å²) in [7, 11) is 0. The molecular weight excluding hydrogens is 484 g/mol. The van der Waals surface area contributed by atoms with Crippen molar-refractivity contribution in [3.8, 4) is 0 Å². The first-order chi connectivity index (χ1) is 17.7. The number of urea groups is 1. The van der Waals surface area contributed by atoms with Gasteiger partial charge in [-0.2, -0.15) is 0 Å². The van der Waals surface area contributed by atoms with Gasteiger partial charge in [0.05, 0.1) is 11.0 Å². The maximum absolute atomic E-state index is 13.9. The number of hydrogen-bond donors (Lipinski definition) is 2. The second-order valence-corrected chi connectivity index (χ2v) is 10.0. The summed E-state index contributed by atoms with van der Waals surface area (Å²) in [4.78, 5) is 44.0. The summed E-state index contributed by atoms with van der Waals surface area (Å²) in [6, 6.07) is 9.43. The van der Waals surface area contributed by atoms with E-state index in [4.69, 9.17) is 4.74 Å². The molecule has 0 radical (unpaired) electrons. The van der Waals surface area contributed by atoms with Crippen LogP contribution in [0.4, 0.5) is 18.4 Å². The molecule has 2 N–H and O–H groups in total. The van der Waals surface area contributed by atoms with E-state index in [-0.39, 0.29) is 23.8 Å². The van der Waals surface area contributed by atoms with Crippen LogP contribution < -0.4 is 11.0 Å². The number of imide groups is 1. The van der Waals surface area contributed by atoms with E-state index in [1.54, 1.807) is 13.8 Å². The predicted molar refractivity (Wildman–Crippen MR) is 132 cm³/mol. The quantitative estimate of drug-likeness (QED) is 0.539. The summed E-state index contributed by atoms with van der Waals surface area (Å²) in [5.74, 6) is -2.08. The number of carbonyl (C=O) groups excluding carboxylic acids is 2. The molecule has 1 aromatic heterocycles. The molecule has 3 heterocycles. The Morgan fingerprint density at radius 1 is 1.11 bits per heavy atom. The lowest BCUT2D eigenvalue weighted by Crippen LogP contribution is -2.47. The second kappa shape index (κ2) is 9.62. The Bertz CT molecular complexity index is 1390. The predicted octanol–water partition coefficient (Wildman–Crippen LogP) is 3.93.